The van der Waals surface area contributed by atoms with Crippen molar-refractivity contribution in [2.45, 2.75) is 20.3 Å². The van der Waals surface area contributed by atoms with Crippen LogP contribution in [0.4, 0.5) is 5.69 Å². The third-order valence-corrected chi connectivity index (χ3v) is 6.80. The van der Waals surface area contributed by atoms with Gasteiger partial charge in [-0.25, -0.2) is 4.79 Å². The molecule has 0 saturated heterocycles. The Morgan fingerprint density at radius 1 is 1.29 bits per heavy atom. The van der Waals surface area contributed by atoms with Crippen LogP contribution in [0.5, 0.6) is 0 Å². The number of esters is 1. The predicted octanol–water partition coefficient (Wildman–Crippen LogP) is 5.75. The van der Waals surface area contributed by atoms with Gasteiger partial charge in [0.1, 0.15) is 28.5 Å². The fourth-order valence-corrected chi connectivity index (χ4v) is 4.90. The van der Waals surface area contributed by atoms with Gasteiger partial charge in [0.25, 0.3) is 5.69 Å². The van der Waals surface area contributed by atoms with Crippen molar-refractivity contribution in [3.05, 3.63) is 77.1 Å². The highest BCUT2D eigenvalue weighted by Gasteiger charge is 2.23. The van der Waals surface area contributed by atoms with Gasteiger partial charge in [-0.2, -0.15) is 10.5 Å². The highest BCUT2D eigenvalue weighted by Crippen LogP contribution is 2.33. The Kier molecular flexibility index (Phi) is 7.97. The molecule has 11 heteroatoms. The van der Waals surface area contributed by atoms with Crippen LogP contribution in [0, 0.1) is 39.7 Å². The van der Waals surface area contributed by atoms with Crippen LogP contribution in [0.25, 0.3) is 17.4 Å². The standard InChI is InChI=1S/C24H16BrN3O6S/c1-3-33-24(30)23-13(2)18(12-27)22(35-23)10-20(29)14(11-26)8-16-5-7-21(34-16)17-6-4-15(28(31)32)9-19(17)25/h4-9H,3,10H2,1-2H3/b14-8+. The molecule has 0 atom stereocenters. The zero-order chi connectivity index (χ0) is 25.7. The van der Waals surface area contributed by atoms with E-state index >= 15 is 0 Å². The lowest BCUT2D eigenvalue weighted by Gasteiger charge is -2.01. The molecule has 9 nitrogen and oxygen atoms in total. The van der Waals surface area contributed by atoms with Gasteiger partial charge in [-0.05, 0) is 53.5 Å². The highest BCUT2D eigenvalue weighted by atomic mass is 79.9. The molecule has 35 heavy (non-hydrogen) atoms. The maximum atomic E-state index is 12.8. The number of furan rings is 1. The van der Waals surface area contributed by atoms with E-state index in [2.05, 4.69) is 15.9 Å². The van der Waals surface area contributed by atoms with E-state index in [0.29, 0.717) is 26.2 Å². The van der Waals surface area contributed by atoms with Crippen LogP contribution < -0.4 is 0 Å². The van der Waals surface area contributed by atoms with Gasteiger partial charge in [0.15, 0.2) is 5.78 Å². The number of nitro groups is 1. The molecule has 0 amide bonds. The maximum absolute atomic E-state index is 12.8. The van der Waals surface area contributed by atoms with Crippen LogP contribution in [-0.4, -0.2) is 23.3 Å². The minimum Gasteiger partial charge on any atom is -0.462 e. The van der Waals surface area contributed by atoms with Crippen LogP contribution in [0.15, 0.2) is 44.8 Å². The SMILES string of the molecule is CCOC(=O)c1sc(CC(=O)/C(C#N)=C/c2ccc(-c3ccc([N+](=O)[O-])cc3Br)o2)c(C#N)c1C. The molecule has 0 spiro atoms. The second kappa shape index (κ2) is 10.9. The number of hydrogen-bond donors (Lipinski definition) is 0. The van der Waals surface area contributed by atoms with Gasteiger partial charge in [0, 0.05) is 39.5 Å². The molecule has 3 aromatic rings. The lowest BCUT2D eigenvalue weighted by atomic mass is 10.0. The summed E-state index contributed by atoms with van der Waals surface area (Å²) in [6, 6.07) is 11.2. The fraction of sp³-hybridized carbons (Fsp3) is 0.167. The van der Waals surface area contributed by atoms with E-state index in [1.54, 1.807) is 26.0 Å². The smallest absolute Gasteiger partial charge is 0.348 e. The summed E-state index contributed by atoms with van der Waals surface area (Å²) in [6.07, 6.45) is 1.04. The van der Waals surface area contributed by atoms with Gasteiger partial charge in [-0.1, -0.05) is 0 Å². The molecule has 0 fully saturated rings. The first-order valence-corrected chi connectivity index (χ1v) is 11.7. The van der Waals surface area contributed by atoms with E-state index in [0.717, 1.165) is 11.3 Å². The quantitative estimate of drug-likeness (QED) is 0.112. The maximum Gasteiger partial charge on any atom is 0.348 e. The number of nitrogens with zero attached hydrogens (tertiary/aromatic N) is 3. The topological polar surface area (TPSA) is 147 Å². The lowest BCUT2D eigenvalue weighted by Crippen LogP contribution is -2.05. The summed E-state index contributed by atoms with van der Waals surface area (Å²) in [5.41, 5.74) is 0.925. The Balaban J connectivity index is 1.86. The van der Waals surface area contributed by atoms with E-state index in [4.69, 9.17) is 9.15 Å². The van der Waals surface area contributed by atoms with Crippen molar-refractivity contribution in [1.82, 2.24) is 0 Å². The van der Waals surface area contributed by atoms with Crippen LogP contribution in [0.1, 0.15) is 38.4 Å². The van der Waals surface area contributed by atoms with Gasteiger partial charge >= 0.3 is 5.97 Å². The fourth-order valence-electron chi connectivity index (χ4n) is 3.19. The van der Waals surface area contributed by atoms with Crippen molar-refractivity contribution < 1.29 is 23.7 Å². The van der Waals surface area contributed by atoms with Crippen LogP contribution in [-0.2, 0) is 16.0 Å². The Hall–Kier alpha value is -4.06. The third kappa shape index (κ3) is 5.54. The van der Waals surface area contributed by atoms with Gasteiger partial charge in [0.2, 0.25) is 0 Å². The summed E-state index contributed by atoms with van der Waals surface area (Å²) in [5, 5.41) is 30.0. The number of benzene rings is 1. The largest absolute Gasteiger partial charge is 0.462 e. The Morgan fingerprint density at radius 2 is 2.03 bits per heavy atom. The van der Waals surface area contributed by atoms with Crippen LogP contribution in [0.3, 0.4) is 0 Å². The molecular formula is C24H16BrN3O6S. The van der Waals surface area contributed by atoms with E-state index in [1.165, 1.54) is 24.3 Å². The van der Waals surface area contributed by atoms with Gasteiger partial charge in [-0.15, -0.1) is 11.3 Å². The average molecular weight is 554 g/mol. The minimum atomic E-state index is -0.568. The first kappa shape index (κ1) is 25.6. The summed E-state index contributed by atoms with van der Waals surface area (Å²) < 4.78 is 11.2. The molecule has 1 aromatic carbocycles. The van der Waals surface area contributed by atoms with Gasteiger partial charge in [-0.3, -0.25) is 14.9 Å². The van der Waals surface area contributed by atoms with E-state index in [-0.39, 0.29) is 40.5 Å². The number of thiophene rings is 1. The molecule has 0 aliphatic rings. The van der Waals surface area contributed by atoms with Gasteiger partial charge in [0.05, 0.1) is 22.7 Å². The molecule has 0 radical (unpaired) electrons. The number of nitro benzene ring substituents is 1. The number of nitriles is 2. The molecular weight excluding hydrogens is 538 g/mol. The predicted molar refractivity (Wildman–Crippen MR) is 131 cm³/mol. The summed E-state index contributed by atoms with van der Waals surface area (Å²) in [6.45, 7) is 3.45. The number of Topliss-reactive ketones (excluding diaryl/α,β-unsaturated/α-hetero) is 1. The van der Waals surface area contributed by atoms with E-state index < -0.39 is 16.7 Å². The minimum absolute atomic E-state index is 0.0867. The number of ketones is 1. The number of carbonyl (C=O) groups excluding carboxylic acids is 2. The summed E-state index contributed by atoms with van der Waals surface area (Å²) in [5.74, 6) is -0.510. The van der Waals surface area contributed by atoms with Crippen LogP contribution in [0.2, 0.25) is 0 Å². The normalized spacial score (nSPS) is 10.9. The number of non-ortho nitro benzene ring substituents is 1. The van der Waals surface area contributed by atoms with E-state index in [1.807, 2.05) is 12.1 Å². The molecule has 0 saturated carbocycles. The molecule has 0 bridgehead atoms. The molecule has 2 heterocycles. The Bertz CT molecular complexity index is 1450. The number of hydrogen-bond acceptors (Lipinski definition) is 9. The molecule has 0 aliphatic heterocycles. The van der Waals surface area contributed by atoms with Crippen molar-refractivity contribution in [3.63, 3.8) is 0 Å². The lowest BCUT2D eigenvalue weighted by molar-refractivity contribution is -0.384. The average Bonchev–Trinajstić information content (AvgIpc) is 3.41. The van der Waals surface area contributed by atoms with Crippen molar-refractivity contribution >= 4 is 50.8 Å². The molecule has 0 N–H and O–H groups in total. The monoisotopic (exact) mass is 553 g/mol. The molecule has 0 aliphatic carbocycles. The van der Waals surface area contributed by atoms with Crippen molar-refractivity contribution in [2.75, 3.05) is 6.61 Å². The zero-order valence-corrected chi connectivity index (χ0v) is 20.9. The third-order valence-electron chi connectivity index (χ3n) is 4.88. The highest BCUT2D eigenvalue weighted by molar-refractivity contribution is 9.10. The Morgan fingerprint density at radius 3 is 2.63 bits per heavy atom. The molecule has 0 unspecified atom stereocenters. The summed E-state index contributed by atoms with van der Waals surface area (Å²) >= 11 is 4.28. The second-order valence-electron chi connectivity index (χ2n) is 7.08. The second-order valence-corrected chi connectivity index (χ2v) is 9.04. The number of rotatable bonds is 8. The summed E-state index contributed by atoms with van der Waals surface area (Å²) in [7, 11) is 0. The number of ether oxygens (including phenoxy) is 1. The van der Waals surface area contributed by atoms with Gasteiger partial charge < -0.3 is 9.15 Å². The zero-order valence-electron chi connectivity index (χ0n) is 18.5. The number of carbonyl (C=O) groups is 2. The molecule has 2 aromatic heterocycles. The van der Waals surface area contributed by atoms with E-state index in [9.17, 15) is 30.2 Å². The van der Waals surface area contributed by atoms with Crippen LogP contribution >= 0.6 is 27.3 Å². The van der Waals surface area contributed by atoms with Crippen molar-refractivity contribution in [1.29, 1.82) is 10.5 Å². The first-order valence-electron chi connectivity index (χ1n) is 10.1. The molecule has 3 rings (SSSR count). The van der Waals surface area contributed by atoms with Crippen molar-refractivity contribution in [3.8, 4) is 23.5 Å². The summed E-state index contributed by atoms with van der Waals surface area (Å²) in [4.78, 5) is 36.0. The Labute approximate surface area is 212 Å². The number of halogens is 1. The molecule has 176 valence electrons. The first-order chi connectivity index (χ1) is 16.7. The van der Waals surface area contributed by atoms with Crippen molar-refractivity contribution in [2.24, 2.45) is 0 Å². The number of allylic oxidation sites excluding steroid dienone is 1.